The van der Waals surface area contributed by atoms with Gasteiger partial charge in [0.25, 0.3) is 20.2 Å². The predicted molar refractivity (Wildman–Crippen MR) is 293 cm³/mol. The van der Waals surface area contributed by atoms with E-state index in [-0.39, 0.29) is 174 Å². The number of carbonyl (C=O) groups is 2. The second-order valence-electron chi connectivity index (χ2n) is 15.8. The van der Waals surface area contributed by atoms with Crippen molar-refractivity contribution in [2.75, 3.05) is 38.1 Å². The van der Waals surface area contributed by atoms with Crippen molar-refractivity contribution in [3.05, 3.63) is 133 Å². The number of nitrogens with zero attached hydrogens (tertiary/aromatic N) is 4. The molecule has 0 unspecified atom stereocenters. The summed E-state index contributed by atoms with van der Waals surface area (Å²) in [5.74, 6) is -3.29. The maximum atomic E-state index is 12.7. The number of hydrogen-bond donors (Lipinski definition) is 8. The SMILES string of the molecule is COc1ccc(Nc2ccc3c(O)c(N=Nc4ccc(-c5ccc(N=Nc6c(S(=O)(=O)O)cc7cc(Nc8ccc(OC)cc8)ccc7c6O)c(OCC(=O)O)c5)cc4OCC(=O)O)c(S(=O)(=O)O)cc3c2)cc1.[Na].[Na].[Na].[Na]. The van der Waals surface area contributed by atoms with Crippen LogP contribution >= 0.6 is 0 Å². The standard InChI is InChI=1S/C50H40N6O16S2.4Na/c1-69-35-11-5-31(6-12-35)51-33-9-15-37-29(19-33)23-43(73(63,64)65)47(49(37)61)55-53-39-17-3-27(21-41(39)71-25-45(57)58)28-4-18-40(42(22-28)72-26-46(59)60)54-56-48-44(74(66,67)68)24-30-20-34(10-16-38(30)50(48)62)52-32-7-13-36(70-2)14-8-32;;;;/h3-24,51-52,61-62H,25-26H2,1-2H3,(H,57,58)(H,59,60)(H,63,64,65)(H,66,67,68);;;;. The molecule has 0 aromatic heterocycles. The number of benzene rings is 8. The molecule has 8 N–H and O–H groups in total. The zero-order valence-electron chi connectivity index (χ0n) is 42.5. The molecule has 8 aromatic carbocycles. The van der Waals surface area contributed by atoms with Gasteiger partial charge in [0.15, 0.2) is 24.7 Å². The largest absolute Gasteiger partial charge is 0.505 e. The van der Waals surface area contributed by atoms with E-state index in [0.29, 0.717) is 34.2 Å². The number of fused-ring (bicyclic) bond motifs is 2. The monoisotopic (exact) mass is 1140 g/mol. The van der Waals surface area contributed by atoms with E-state index < -0.39 is 78.1 Å². The Morgan fingerprint density at radius 1 is 0.474 bits per heavy atom. The summed E-state index contributed by atoms with van der Waals surface area (Å²) in [5.41, 5.74) is 1.26. The molecule has 0 amide bonds. The van der Waals surface area contributed by atoms with Gasteiger partial charge in [-0.2, -0.15) is 16.8 Å². The summed E-state index contributed by atoms with van der Waals surface area (Å²) in [6.07, 6.45) is 0. The molecular formula is C50H40N6Na4O16S2. The molecule has 0 aliphatic carbocycles. The predicted octanol–water partition coefficient (Wildman–Crippen LogP) is 9.30. The van der Waals surface area contributed by atoms with Crippen LogP contribution < -0.4 is 29.6 Å². The Morgan fingerprint density at radius 3 is 1.14 bits per heavy atom. The molecule has 4 radical (unpaired) electrons. The van der Waals surface area contributed by atoms with Crippen molar-refractivity contribution >= 4 is 217 Å². The number of azo groups is 2. The number of ether oxygens (including phenoxy) is 4. The number of carboxylic acid groups (broad SMARTS) is 2. The Morgan fingerprint density at radius 2 is 0.821 bits per heavy atom. The molecule has 22 nitrogen and oxygen atoms in total. The fraction of sp³-hybridized carbons (Fsp3) is 0.0800. The van der Waals surface area contributed by atoms with E-state index in [2.05, 4.69) is 31.1 Å². The number of methoxy groups -OCH3 is 2. The minimum Gasteiger partial charge on any atom is -0.505 e. The number of hydrogen-bond acceptors (Lipinski definition) is 18. The van der Waals surface area contributed by atoms with E-state index in [1.54, 1.807) is 60.7 Å². The van der Waals surface area contributed by atoms with Crippen molar-refractivity contribution in [2.24, 2.45) is 20.5 Å². The molecule has 0 spiro atoms. The molecule has 28 heteroatoms. The van der Waals surface area contributed by atoms with Crippen molar-refractivity contribution in [1.82, 2.24) is 0 Å². The molecule has 78 heavy (non-hydrogen) atoms. The third-order valence-electron chi connectivity index (χ3n) is 10.9. The van der Waals surface area contributed by atoms with E-state index in [4.69, 9.17) is 18.9 Å². The maximum Gasteiger partial charge on any atom is 0.341 e. The average molecular weight is 1140 g/mol. The first-order chi connectivity index (χ1) is 35.3. The van der Waals surface area contributed by atoms with Gasteiger partial charge in [-0.1, -0.05) is 12.1 Å². The Hall–Kier alpha value is -5.36. The van der Waals surface area contributed by atoms with Gasteiger partial charge in [0.05, 0.1) is 14.2 Å². The molecule has 0 aliphatic rings. The normalized spacial score (nSPS) is 11.2. The molecule has 0 heterocycles. The van der Waals surface area contributed by atoms with Crippen LogP contribution in [-0.4, -0.2) is 204 Å². The summed E-state index contributed by atoms with van der Waals surface area (Å²) in [6.45, 7) is -1.78. The first kappa shape index (κ1) is 65.2. The molecular weight excluding hydrogens is 1100 g/mol. The minimum absolute atomic E-state index is 0. The van der Waals surface area contributed by atoms with Crippen LogP contribution in [0.2, 0.25) is 0 Å². The van der Waals surface area contributed by atoms with Crippen LogP contribution in [0.4, 0.5) is 45.5 Å². The third-order valence-corrected chi connectivity index (χ3v) is 12.6. The Labute approximate surface area is 533 Å². The summed E-state index contributed by atoms with van der Waals surface area (Å²) in [6, 6.07) is 33.5. The van der Waals surface area contributed by atoms with Crippen LogP contribution in [0.25, 0.3) is 32.7 Å². The minimum atomic E-state index is -5.05. The van der Waals surface area contributed by atoms with Gasteiger partial charge in [0.1, 0.15) is 55.5 Å². The first-order valence-corrected chi connectivity index (χ1v) is 24.3. The number of phenols is 2. The Balaban J connectivity index is 0.00000328. The van der Waals surface area contributed by atoms with Crippen LogP contribution in [0.3, 0.4) is 0 Å². The van der Waals surface area contributed by atoms with Gasteiger partial charge in [-0.25, -0.2) is 9.59 Å². The van der Waals surface area contributed by atoms with Crippen molar-refractivity contribution in [2.45, 2.75) is 9.79 Å². The number of anilines is 4. The molecule has 0 saturated carbocycles. The summed E-state index contributed by atoms with van der Waals surface area (Å²) < 4.78 is 92.7. The fourth-order valence-electron chi connectivity index (χ4n) is 7.40. The molecule has 382 valence electrons. The van der Waals surface area contributed by atoms with Gasteiger partial charge in [-0.15, -0.1) is 20.5 Å². The summed E-state index contributed by atoms with van der Waals surface area (Å²) in [4.78, 5) is 21.7. The molecule has 0 fully saturated rings. The molecule has 0 aliphatic heterocycles. The number of nitrogens with one attached hydrogen (secondary N) is 2. The second kappa shape index (κ2) is 28.2. The van der Waals surface area contributed by atoms with E-state index in [1.165, 1.54) is 74.9 Å². The maximum absolute atomic E-state index is 12.7. The fourth-order valence-corrected chi connectivity index (χ4v) is 8.71. The summed E-state index contributed by atoms with van der Waals surface area (Å²) in [7, 11) is -7.05. The second-order valence-corrected chi connectivity index (χ2v) is 18.6. The van der Waals surface area contributed by atoms with Crippen molar-refractivity contribution in [3.63, 3.8) is 0 Å². The topological polar surface area (TPSA) is 334 Å². The molecule has 8 rings (SSSR count). The number of phenolic OH excluding ortho intramolecular Hbond substituents is 2. The zero-order valence-corrected chi connectivity index (χ0v) is 52.1. The number of aliphatic carboxylic acids is 2. The zero-order chi connectivity index (χ0) is 52.9. The molecule has 0 saturated heterocycles. The van der Waals surface area contributed by atoms with Crippen molar-refractivity contribution in [1.29, 1.82) is 0 Å². The van der Waals surface area contributed by atoms with Crippen LogP contribution in [-0.2, 0) is 29.8 Å². The van der Waals surface area contributed by atoms with Gasteiger partial charge < -0.3 is 50.0 Å². The number of aromatic hydroxyl groups is 2. The van der Waals surface area contributed by atoms with Gasteiger partial charge >= 0.3 is 11.9 Å². The van der Waals surface area contributed by atoms with Crippen molar-refractivity contribution in [3.8, 4) is 45.6 Å². The third kappa shape index (κ3) is 15.9. The van der Waals surface area contributed by atoms with Crippen LogP contribution in [0, 0.1) is 0 Å². The Bertz CT molecular complexity index is 3570. The van der Waals surface area contributed by atoms with Crippen LogP contribution in [0.15, 0.2) is 164 Å². The van der Waals surface area contributed by atoms with E-state index >= 15 is 0 Å². The smallest absolute Gasteiger partial charge is 0.341 e. The van der Waals surface area contributed by atoms with Crippen LogP contribution in [0.5, 0.6) is 34.5 Å². The van der Waals surface area contributed by atoms with Gasteiger partial charge in [0, 0.05) is 152 Å². The van der Waals surface area contributed by atoms with Gasteiger partial charge in [0.2, 0.25) is 0 Å². The number of rotatable bonds is 19. The summed E-state index contributed by atoms with van der Waals surface area (Å²) >= 11 is 0. The first-order valence-electron chi connectivity index (χ1n) is 21.5. The molecule has 0 atom stereocenters. The van der Waals surface area contributed by atoms with Gasteiger partial charge in [-0.05, 0) is 143 Å². The van der Waals surface area contributed by atoms with Crippen molar-refractivity contribution < 1.29 is 74.9 Å². The quantitative estimate of drug-likeness (QED) is 0.0212. The number of carboxylic acids is 2. The van der Waals surface area contributed by atoms with E-state index in [0.717, 1.165) is 12.1 Å². The average Bonchev–Trinajstić information content (AvgIpc) is 3.40. The van der Waals surface area contributed by atoms with Gasteiger partial charge in [-0.3, -0.25) is 9.11 Å². The Kier molecular flexibility index (Phi) is 23.5. The van der Waals surface area contributed by atoms with E-state index in [9.17, 15) is 56.0 Å². The summed E-state index contributed by atoms with van der Waals surface area (Å²) in [5, 5.41) is 64.7. The molecule has 0 bridgehead atoms. The molecule has 8 aromatic rings. The van der Waals surface area contributed by atoms with E-state index in [1.807, 2.05) is 0 Å². The van der Waals surface area contributed by atoms with Crippen LogP contribution in [0.1, 0.15) is 0 Å².